The smallest absolute Gasteiger partial charge is 0.227 e. The van der Waals surface area contributed by atoms with Crippen molar-refractivity contribution in [1.29, 1.82) is 0 Å². The van der Waals surface area contributed by atoms with Gasteiger partial charge in [0, 0.05) is 12.7 Å². The molecule has 1 aliphatic heterocycles. The number of methoxy groups -OCH3 is 2. The summed E-state index contributed by atoms with van der Waals surface area (Å²) in [4.78, 5) is 11.9. The van der Waals surface area contributed by atoms with E-state index in [0.29, 0.717) is 23.6 Å². The van der Waals surface area contributed by atoms with Crippen LogP contribution in [0.3, 0.4) is 0 Å². The van der Waals surface area contributed by atoms with E-state index in [0.717, 1.165) is 19.4 Å². The number of benzene rings is 1. The van der Waals surface area contributed by atoms with Gasteiger partial charge < -0.3 is 19.5 Å². The fourth-order valence-corrected chi connectivity index (χ4v) is 2.12. The summed E-state index contributed by atoms with van der Waals surface area (Å²) in [6.07, 6.45) is 2.41. The molecule has 1 aliphatic rings. The molecule has 1 heterocycles. The largest absolute Gasteiger partial charge is 0.497 e. The average molecular weight is 265 g/mol. The number of ether oxygens (including phenoxy) is 3. The van der Waals surface area contributed by atoms with Crippen molar-refractivity contribution in [2.24, 2.45) is 0 Å². The average Bonchev–Trinajstić information content (AvgIpc) is 2.91. The summed E-state index contributed by atoms with van der Waals surface area (Å²) < 4.78 is 15.8. The van der Waals surface area contributed by atoms with Gasteiger partial charge in [0.15, 0.2) is 0 Å². The van der Waals surface area contributed by atoms with Gasteiger partial charge in [0.1, 0.15) is 11.5 Å². The maximum Gasteiger partial charge on any atom is 0.227 e. The molecule has 0 saturated carbocycles. The van der Waals surface area contributed by atoms with Gasteiger partial charge in [-0.1, -0.05) is 0 Å². The van der Waals surface area contributed by atoms with Crippen LogP contribution in [0.15, 0.2) is 18.2 Å². The third-order valence-corrected chi connectivity index (χ3v) is 3.12. The summed E-state index contributed by atoms with van der Waals surface area (Å²) in [5.41, 5.74) is 0.645. The molecule has 1 fully saturated rings. The molecule has 1 N–H and O–H groups in total. The van der Waals surface area contributed by atoms with Gasteiger partial charge in [0.05, 0.1) is 32.4 Å². The minimum atomic E-state index is -0.0598. The van der Waals surface area contributed by atoms with E-state index in [-0.39, 0.29) is 12.0 Å². The van der Waals surface area contributed by atoms with Crippen LogP contribution in [0.25, 0.3) is 0 Å². The second-order valence-corrected chi connectivity index (χ2v) is 4.45. The predicted octanol–water partition coefficient (Wildman–Crippen LogP) is 2.21. The molecule has 19 heavy (non-hydrogen) atoms. The van der Waals surface area contributed by atoms with E-state index < -0.39 is 0 Å². The second kappa shape index (κ2) is 6.43. The SMILES string of the molecule is COc1ccc(NC(=O)CC2CCCO2)c(OC)c1. The van der Waals surface area contributed by atoms with Gasteiger partial charge in [-0.3, -0.25) is 4.79 Å². The zero-order valence-corrected chi connectivity index (χ0v) is 11.3. The number of nitrogens with one attached hydrogen (secondary N) is 1. The lowest BCUT2D eigenvalue weighted by Gasteiger charge is -2.13. The third-order valence-electron chi connectivity index (χ3n) is 3.12. The van der Waals surface area contributed by atoms with Gasteiger partial charge in [-0.25, -0.2) is 0 Å². The second-order valence-electron chi connectivity index (χ2n) is 4.45. The van der Waals surface area contributed by atoms with Gasteiger partial charge in [-0.15, -0.1) is 0 Å². The summed E-state index contributed by atoms with van der Waals surface area (Å²) >= 11 is 0. The van der Waals surface area contributed by atoms with Crippen LogP contribution in [-0.2, 0) is 9.53 Å². The molecule has 5 nitrogen and oxygen atoms in total. The van der Waals surface area contributed by atoms with E-state index >= 15 is 0 Å². The van der Waals surface area contributed by atoms with Crippen LogP contribution in [0.5, 0.6) is 11.5 Å². The summed E-state index contributed by atoms with van der Waals surface area (Å²) in [6.45, 7) is 0.754. The third kappa shape index (κ3) is 3.61. The summed E-state index contributed by atoms with van der Waals surface area (Å²) in [7, 11) is 3.15. The van der Waals surface area contributed by atoms with E-state index in [4.69, 9.17) is 14.2 Å². The number of amides is 1. The van der Waals surface area contributed by atoms with Gasteiger partial charge in [-0.05, 0) is 25.0 Å². The molecule has 104 valence electrons. The lowest BCUT2D eigenvalue weighted by Crippen LogP contribution is -2.19. The minimum absolute atomic E-state index is 0.0456. The van der Waals surface area contributed by atoms with Crippen molar-refractivity contribution < 1.29 is 19.0 Å². The number of hydrogen-bond donors (Lipinski definition) is 1. The summed E-state index contributed by atoms with van der Waals surface area (Å²) in [6, 6.07) is 5.29. The number of carbonyl (C=O) groups is 1. The van der Waals surface area contributed by atoms with E-state index in [2.05, 4.69) is 5.32 Å². The van der Waals surface area contributed by atoms with Crippen LogP contribution in [-0.4, -0.2) is 32.8 Å². The first-order chi connectivity index (χ1) is 9.22. The Morgan fingerprint density at radius 2 is 2.26 bits per heavy atom. The molecule has 0 aromatic heterocycles. The van der Waals surface area contributed by atoms with Gasteiger partial charge >= 0.3 is 0 Å². The molecule has 1 unspecified atom stereocenters. The fraction of sp³-hybridized carbons (Fsp3) is 0.500. The van der Waals surface area contributed by atoms with Gasteiger partial charge in [0.25, 0.3) is 0 Å². The number of hydrogen-bond acceptors (Lipinski definition) is 4. The van der Waals surface area contributed by atoms with Crippen LogP contribution >= 0.6 is 0 Å². The van der Waals surface area contributed by atoms with Crippen LogP contribution in [0, 0.1) is 0 Å². The van der Waals surface area contributed by atoms with Crippen molar-refractivity contribution in [2.45, 2.75) is 25.4 Å². The molecular formula is C14H19NO4. The molecule has 1 amide bonds. The van der Waals surface area contributed by atoms with Crippen LogP contribution in [0.1, 0.15) is 19.3 Å². The van der Waals surface area contributed by atoms with E-state index in [1.165, 1.54) is 0 Å². The van der Waals surface area contributed by atoms with Crippen LogP contribution < -0.4 is 14.8 Å². The summed E-state index contributed by atoms with van der Waals surface area (Å²) in [5, 5.41) is 2.84. The lowest BCUT2D eigenvalue weighted by atomic mass is 10.1. The Kier molecular flexibility index (Phi) is 4.63. The Morgan fingerprint density at radius 3 is 2.89 bits per heavy atom. The standard InChI is InChI=1S/C14H19NO4/c1-17-10-5-6-12(13(8-10)18-2)15-14(16)9-11-4-3-7-19-11/h5-6,8,11H,3-4,7,9H2,1-2H3,(H,15,16). The topological polar surface area (TPSA) is 56.8 Å². The molecule has 0 bridgehead atoms. The Bertz CT molecular complexity index is 441. The van der Waals surface area contributed by atoms with Crippen molar-refractivity contribution in [3.8, 4) is 11.5 Å². The number of carbonyl (C=O) groups excluding carboxylic acids is 1. The molecule has 2 rings (SSSR count). The number of anilines is 1. The Labute approximate surface area is 112 Å². The highest BCUT2D eigenvalue weighted by molar-refractivity contribution is 5.92. The van der Waals surface area contributed by atoms with Crippen molar-refractivity contribution in [2.75, 3.05) is 26.1 Å². The molecule has 5 heteroatoms. The monoisotopic (exact) mass is 265 g/mol. The van der Waals surface area contributed by atoms with Crippen molar-refractivity contribution in [1.82, 2.24) is 0 Å². The molecule has 1 saturated heterocycles. The van der Waals surface area contributed by atoms with Crippen LogP contribution in [0.2, 0.25) is 0 Å². The van der Waals surface area contributed by atoms with E-state index in [1.807, 2.05) is 0 Å². The molecule has 0 aliphatic carbocycles. The maximum absolute atomic E-state index is 11.9. The highest BCUT2D eigenvalue weighted by atomic mass is 16.5. The van der Waals surface area contributed by atoms with Gasteiger partial charge in [0.2, 0.25) is 5.91 Å². The van der Waals surface area contributed by atoms with Gasteiger partial charge in [-0.2, -0.15) is 0 Å². The normalized spacial score (nSPS) is 18.1. The molecular weight excluding hydrogens is 246 g/mol. The predicted molar refractivity (Wildman–Crippen MR) is 71.8 cm³/mol. The Hall–Kier alpha value is -1.75. The molecule has 1 atom stereocenters. The molecule has 0 spiro atoms. The Balaban J connectivity index is 1.99. The fourth-order valence-electron chi connectivity index (χ4n) is 2.12. The van der Waals surface area contributed by atoms with Crippen molar-refractivity contribution >= 4 is 11.6 Å². The maximum atomic E-state index is 11.9. The first kappa shape index (κ1) is 13.7. The molecule has 0 radical (unpaired) electrons. The van der Waals surface area contributed by atoms with E-state index in [9.17, 15) is 4.79 Å². The lowest BCUT2D eigenvalue weighted by molar-refractivity contribution is -0.118. The minimum Gasteiger partial charge on any atom is -0.497 e. The quantitative estimate of drug-likeness (QED) is 0.886. The molecule has 1 aromatic rings. The summed E-state index contributed by atoms with van der Waals surface area (Å²) in [5.74, 6) is 1.21. The Morgan fingerprint density at radius 1 is 1.42 bits per heavy atom. The first-order valence-electron chi connectivity index (χ1n) is 6.36. The van der Waals surface area contributed by atoms with Crippen LogP contribution in [0.4, 0.5) is 5.69 Å². The molecule has 1 aromatic carbocycles. The highest BCUT2D eigenvalue weighted by Gasteiger charge is 2.19. The zero-order chi connectivity index (χ0) is 13.7. The number of rotatable bonds is 5. The first-order valence-corrected chi connectivity index (χ1v) is 6.36. The zero-order valence-electron chi connectivity index (χ0n) is 11.3. The highest BCUT2D eigenvalue weighted by Crippen LogP contribution is 2.29. The van der Waals surface area contributed by atoms with Crippen molar-refractivity contribution in [3.63, 3.8) is 0 Å². The van der Waals surface area contributed by atoms with Crippen molar-refractivity contribution in [3.05, 3.63) is 18.2 Å². The van der Waals surface area contributed by atoms with E-state index in [1.54, 1.807) is 32.4 Å².